The highest BCUT2D eigenvalue weighted by atomic mass is 79.9. The van der Waals surface area contributed by atoms with Gasteiger partial charge in [-0.2, -0.15) is 0 Å². The van der Waals surface area contributed by atoms with Crippen molar-refractivity contribution in [1.82, 2.24) is 4.57 Å². The Morgan fingerprint density at radius 1 is 0.952 bits per heavy atom. The highest BCUT2D eigenvalue weighted by molar-refractivity contribution is 4.73. The molecular formula is C18H33BrN2. The number of unbranched alkanes of at least 4 members (excludes halogenated alkanes) is 9. The highest BCUT2D eigenvalue weighted by Crippen LogP contribution is 2.10. The third kappa shape index (κ3) is 10.8. The van der Waals surface area contributed by atoms with Crippen LogP contribution in [0, 0.1) is 0 Å². The Balaban J connectivity index is 0.00000400. The Morgan fingerprint density at radius 2 is 1.52 bits per heavy atom. The van der Waals surface area contributed by atoms with Crippen LogP contribution in [0.4, 0.5) is 0 Å². The van der Waals surface area contributed by atoms with E-state index in [0.29, 0.717) is 0 Å². The van der Waals surface area contributed by atoms with E-state index in [0.717, 1.165) is 13.1 Å². The molecule has 0 bridgehead atoms. The van der Waals surface area contributed by atoms with E-state index >= 15 is 0 Å². The summed E-state index contributed by atoms with van der Waals surface area (Å²) in [6, 6.07) is 0. The molecule has 21 heavy (non-hydrogen) atoms. The normalized spacial score (nSPS) is 10.3. The molecule has 2 nitrogen and oxygen atoms in total. The van der Waals surface area contributed by atoms with Crippen molar-refractivity contribution in [3.63, 3.8) is 0 Å². The summed E-state index contributed by atoms with van der Waals surface area (Å²) in [6.45, 7) is 8.10. The van der Waals surface area contributed by atoms with Crippen LogP contribution >= 0.6 is 0 Å². The number of allylic oxidation sites excluding steroid dienone is 1. The van der Waals surface area contributed by atoms with Gasteiger partial charge < -0.3 is 17.0 Å². The van der Waals surface area contributed by atoms with Gasteiger partial charge in [-0.3, -0.25) is 0 Å². The Morgan fingerprint density at radius 3 is 2.10 bits per heavy atom. The number of halogens is 1. The molecule has 1 heterocycles. The lowest BCUT2D eigenvalue weighted by Gasteiger charge is -2.01. The molecule has 0 aliphatic carbocycles. The molecule has 0 radical (unpaired) electrons. The molecule has 0 aliphatic heterocycles. The van der Waals surface area contributed by atoms with Gasteiger partial charge >= 0.3 is 0 Å². The van der Waals surface area contributed by atoms with Gasteiger partial charge in [0, 0.05) is 0 Å². The largest absolute Gasteiger partial charge is 1.00 e. The molecule has 1 rings (SSSR count). The van der Waals surface area contributed by atoms with Gasteiger partial charge in [-0.05, 0) is 12.8 Å². The molecule has 0 aliphatic rings. The van der Waals surface area contributed by atoms with E-state index in [-0.39, 0.29) is 17.0 Å². The average Bonchev–Trinajstić information content (AvgIpc) is 2.89. The minimum Gasteiger partial charge on any atom is -1.00 e. The van der Waals surface area contributed by atoms with Crippen molar-refractivity contribution in [3.8, 4) is 0 Å². The second-order valence-corrected chi connectivity index (χ2v) is 5.82. The van der Waals surface area contributed by atoms with Crippen molar-refractivity contribution >= 4 is 0 Å². The van der Waals surface area contributed by atoms with Crippen LogP contribution < -0.4 is 21.5 Å². The third-order valence-electron chi connectivity index (χ3n) is 3.86. The first-order chi connectivity index (χ1) is 9.86. The second-order valence-electron chi connectivity index (χ2n) is 5.82. The van der Waals surface area contributed by atoms with Crippen molar-refractivity contribution in [2.75, 3.05) is 0 Å². The fraction of sp³-hybridized carbons (Fsp3) is 0.722. The zero-order valence-electron chi connectivity index (χ0n) is 13.8. The van der Waals surface area contributed by atoms with E-state index in [9.17, 15) is 0 Å². The summed E-state index contributed by atoms with van der Waals surface area (Å²) in [5.41, 5.74) is 0. The van der Waals surface area contributed by atoms with Crippen molar-refractivity contribution in [2.24, 2.45) is 0 Å². The summed E-state index contributed by atoms with van der Waals surface area (Å²) < 4.78 is 4.46. The van der Waals surface area contributed by atoms with Crippen LogP contribution in [0.25, 0.3) is 0 Å². The molecule has 0 N–H and O–H groups in total. The van der Waals surface area contributed by atoms with Crippen LogP contribution in [0.5, 0.6) is 0 Å². The SMILES string of the molecule is C=CCn1cc[n+](CCCCCCCCCCCC)c1.[Br-]. The highest BCUT2D eigenvalue weighted by Gasteiger charge is 2.01. The summed E-state index contributed by atoms with van der Waals surface area (Å²) in [4.78, 5) is 0. The van der Waals surface area contributed by atoms with Crippen LogP contribution in [0.2, 0.25) is 0 Å². The molecule has 3 heteroatoms. The Kier molecular flexibility index (Phi) is 14.0. The predicted molar refractivity (Wildman–Crippen MR) is 86.7 cm³/mol. The first kappa shape index (κ1) is 20.4. The van der Waals surface area contributed by atoms with Gasteiger partial charge in [0.1, 0.15) is 18.9 Å². The average molecular weight is 357 g/mol. The molecule has 0 fully saturated rings. The predicted octanol–water partition coefficient (Wildman–Crippen LogP) is 1.89. The number of aromatic nitrogens is 2. The van der Waals surface area contributed by atoms with Crippen LogP contribution in [-0.4, -0.2) is 4.57 Å². The maximum Gasteiger partial charge on any atom is 0.244 e. The zero-order valence-corrected chi connectivity index (χ0v) is 15.4. The van der Waals surface area contributed by atoms with E-state index in [1.54, 1.807) is 0 Å². The minimum absolute atomic E-state index is 0. The summed E-state index contributed by atoms with van der Waals surface area (Å²) in [5, 5.41) is 0. The quantitative estimate of drug-likeness (QED) is 0.290. The lowest BCUT2D eigenvalue weighted by Crippen LogP contribution is -3.00. The lowest BCUT2D eigenvalue weighted by molar-refractivity contribution is -0.696. The minimum atomic E-state index is 0. The fourth-order valence-electron chi connectivity index (χ4n) is 2.61. The van der Waals surface area contributed by atoms with Crippen LogP contribution in [0.15, 0.2) is 31.4 Å². The van der Waals surface area contributed by atoms with E-state index in [1.807, 2.05) is 6.08 Å². The Hall–Kier alpha value is -0.570. The van der Waals surface area contributed by atoms with Crippen molar-refractivity contribution < 1.29 is 21.5 Å². The van der Waals surface area contributed by atoms with Gasteiger partial charge in [0.15, 0.2) is 0 Å². The van der Waals surface area contributed by atoms with Crippen molar-refractivity contribution in [2.45, 2.75) is 84.2 Å². The summed E-state index contributed by atoms with van der Waals surface area (Å²) in [5.74, 6) is 0. The summed E-state index contributed by atoms with van der Waals surface area (Å²) in [7, 11) is 0. The maximum absolute atomic E-state index is 3.76. The molecule has 0 unspecified atom stereocenters. The molecule has 1 aromatic rings. The van der Waals surface area contributed by atoms with Gasteiger partial charge in [0.2, 0.25) is 6.33 Å². The van der Waals surface area contributed by atoms with Gasteiger partial charge in [-0.15, -0.1) is 0 Å². The molecule has 0 amide bonds. The number of hydrogen-bond donors (Lipinski definition) is 0. The second kappa shape index (κ2) is 14.4. The van der Waals surface area contributed by atoms with Gasteiger partial charge in [-0.1, -0.05) is 70.9 Å². The number of rotatable bonds is 13. The number of imidazole rings is 1. The molecule has 122 valence electrons. The van der Waals surface area contributed by atoms with Crippen molar-refractivity contribution in [1.29, 1.82) is 0 Å². The smallest absolute Gasteiger partial charge is 0.244 e. The van der Waals surface area contributed by atoms with E-state index in [2.05, 4.69) is 41.4 Å². The Labute approximate surface area is 142 Å². The van der Waals surface area contributed by atoms with Crippen LogP contribution in [-0.2, 0) is 13.1 Å². The zero-order chi connectivity index (χ0) is 14.5. The number of nitrogens with zero attached hydrogens (tertiary/aromatic N) is 2. The number of hydrogen-bond acceptors (Lipinski definition) is 0. The Bertz CT molecular complexity index is 347. The molecule has 1 aromatic heterocycles. The maximum atomic E-state index is 3.76. The molecule has 0 aromatic carbocycles. The monoisotopic (exact) mass is 356 g/mol. The summed E-state index contributed by atoms with van der Waals surface area (Å²) in [6.07, 6.45) is 22.4. The fourth-order valence-corrected chi connectivity index (χ4v) is 2.61. The standard InChI is InChI=1S/C18H33N2.BrH/c1-3-5-6-7-8-9-10-11-12-13-15-20-17-16-19(18-20)14-4-2;/h4,16-18H,2-3,5-15H2,1H3;1H/q+1;/p-1. The molecule has 0 saturated carbocycles. The van der Waals surface area contributed by atoms with E-state index in [4.69, 9.17) is 0 Å². The molecular weight excluding hydrogens is 324 g/mol. The van der Waals surface area contributed by atoms with Crippen LogP contribution in [0.3, 0.4) is 0 Å². The molecule has 0 spiro atoms. The third-order valence-corrected chi connectivity index (χ3v) is 3.86. The topological polar surface area (TPSA) is 8.81 Å². The van der Waals surface area contributed by atoms with Gasteiger partial charge in [0.05, 0.1) is 6.54 Å². The van der Waals surface area contributed by atoms with E-state index < -0.39 is 0 Å². The molecule has 0 atom stereocenters. The number of aryl methyl sites for hydroxylation is 1. The van der Waals surface area contributed by atoms with Crippen LogP contribution in [0.1, 0.15) is 71.1 Å². The van der Waals surface area contributed by atoms with Gasteiger partial charge in [0.25, 0.3) is 0 Å². The first-order valence-corrected chi connectivity index (χ1v) is 8.52. The molecule has 0 saturated heterocycles. The van der Waals surface area contributed by atoms with Gasteiger partial charge in [-0.25, -0.2) is 9.13 Å². The lowest BCUT2D eigenvalue weighted by atomic mass is 10.1. The van der Waals surface area contributed by atoms with Crippen molar-refractivity contribution in [3.05, 3.63) is 31.4 Å². The summed E-state index contributed by atoms with van der Waals surface area (Å²) >= 11 is 0. The first-order valence-electron chi connectivity index (χ1n) is 8.52. The van der Waals surface area contributed by atoms with E-state index in [1.165, 1.54) is 64.2 Å².